The van der Waals surface area contributed by atoms with E-state index in [1.807, 2.05) is 0 Å². The van der Waals surface area contributed by atoms with Gasteiger partial charge in [-0.05, 0) is 34.9 Å². The highest BCUT2D eigenvalue weighted by molar-refractivity contribution is 5.29. The third-order valence-electron chi connectivity index (χ3n) is 7.05. The first-order valence-corrected chi connectivity index (χ1v) is 12.8. The lowest BCUT2D eigenvalue weighted by Crippen LogP contribution is -2.39. The van der Waals surface area contributed by atoms with Gasteiger partial charge in [0.15, 0.2) is 0 Å². The Kier molecular flexibility index (Phi) is 8.35. The molecule has 36 heavy (non-hydrogen) atoms. The maximum absolute atomic E-state index is 5.79. The molecule has 0 amide bonds. The van der Waals surface area contributed by atoms with Gasteiger partial charge in [0.2, 0.25) is 0 Å². The second kappa shape index (κ2) is 11.6. The molecule has 0 saturated carbocycles. The third kappa shape index (κ3) is 5.75. The molecule has 0 unspecified atom stereocenters. The summed E-state index contributed by atoms with van der Waals surface area (Å²) in [5, 5.41) is 0. The standard InChI is InChI=1S/C27H42N9/c1-22-31(7-4-28)10-13-34(22)19-25-16-26(20-35-14-11-32(8-5-29)23(35)2)18-27(17-25)21-36-15-12-33(9-6-30)24(36)3/h10-18H,4-9,19-21,28-30H2,1-3H3/q+3. The zero-order valence-corrected chi connectivity index (χ0v) is 22.0. The quantitative estimate of drug-likeness (QED) is 0.241. The molecule has 0 aliphatic carbocycles. The average molecular weight is 493 g/mol. The van der Waals surface area contributed by atoms with Crippen molar-refractivity contribution in [2.24, 2.45) is 17.2 Å². The van der Waals surface area contributed by atoms with E-state index in [9.17, 15) is 0 Å². The Morgan fingerprint density at radius 3 is 1.06 bits per heavy atom. The van der Waals surface area contributed by atoms with Crippen LogP contribution in [-0.2, 0) is 39.3 Å². The number of benzene rings is 1. The number of hydrogen-bond donors (Lipinski definition) is 3. The number of hydrogen-bond acceptors (Lipinski definition) is 3. The van der Waals surface area contributed by atoms with E-state index in [0.717, 1.165) is 39.3 Å². The maximum Gasteiger partial charge on any atom is 0.253 e. The Labute approximate surface area is 214 Å². The van der Waals surface area contributed by atoms with E-state index < -0.39 is 0 Å². The lowest BCUT2D eigenvalue weighted by atomic mass is 10.0. The summed E-state index contributed by atoms with van der Waals surface area (Å²) in [4.78, 5) is 0. The van der Waals surface area contributed by atoms with Crippen LogP contribution >= 0.6 is 0 Å². The smallest absolute Gasteiger partial charge is 0.253 e. The van der Waals surface area contributed by atoms with Gasteiger partial charge in [-0.1, -0.05) is 0 Å². The molecule has 1 aromatic carbocycles. The molecule has 192 valence electrons. The zero-order valence-electron chi connectivity index (χ0n) is 22.0. The van der Waals surface area contributed by atoms with Gasteiger partial charge in [0, 0.05) is 40.4 Å². The van der Waals surface area contributed by atoms with Crippen LogP contribution in [0.4, 0.5) is 0 Å². The molecule has 0 aliphatic rings. The molecule has 6 N–H and O–H groups in total. The summed E-state index contributed by atoms with van der Waals surface area (Å²) >= 11 is 0. The first kappa shape index (κ1) is 25.8. The topological polar surface area (TPSA) is 104 Å². The summed E-state index contributed by atoms with van der Waals surface area (Å²) in [5.41, 5.74) is 21.2. The molecule has 0 spiro atoms. The van der Waals surface area contributed by atoms with Gasteiger partial charge in [0.1, 0.15) is 76.4 Å². The summed E-state index contributed by atoms with van der Waals surface area (Å²) in [6.45, 7) is 13.3. The molecular formula is C27H42N9+3. The maximum atomic E-state index is 5.79. The monoisotopic (exact) mass is 492 g/mol. The van der Waals surface area contributed by atoms with Gasteiger partial charge < -0.3 is 17.2 Å². The van der Waals surface area contributed by atoms with Crippen LogP contribution in [0.5, 0.6) is 0 Å². The lowest BCUT2D eigenvalue weighted by molar-refractivity contribution is -0.695. The second-order valence-corrected chi connectivity index (χ2v) is 9.52. The lowest BCUT2D eigenvalue weighted by Gasteiger charge is -2.09. The molecular weight excluding hydrogens is 450 g/mol. The van der Waals surface area contributed by atoms with E-state index in [0.29, 0.717) is 19.6 Å². The van der Waals surface area contributed by atoms with Gasteiger partial charge in [0.05, 0.1) is 0 Å². The van der Waals surface area contributed by atoms with Gasteiger partial charge in [-0.2, -0.15) is 0 Å². The number of rotatable bonds is 12. The average Bonchev–Trinajstić information content (AvgIpc) is 3.49. The minimum atomic E-state index is 0.635. The van der Waals surface area contributed by atoms with Crippen molar-refractivity contribution in [3.8, 4) is 0 Å². The van der Waals surface area contributed by atoms with Crippen molar-refractivity contribution in [1.82, 2.24) is 13.7 Å². The van der Waals surface area contributed by atoms with Gasteiger partial charge in [-0.3, -0.25) is 0 Å². The van der Waals surface area contributed by atoms with Crippen LogP contribution in [0.15, 0.2) is 55.4 Å². The van der Waals surface area contributed by atoms with Crippen LogP contribution < -0.4 is 30.9 Å². The fourth-order valence-corrected chi connectivity index (χ4v) is 4.96. The second-order valence-electron chi connectivity index (χ2n) is 9.52. The van der Waals surface area contributed by atoms with E-state index in [2.05, 4.69) is 104 Å². The third-order valence-corrected chi connectivity index (χ3v) is 7.05. The molecule has 0 radical (unpaired) electrons. The van der Waals surface area contributed by atoms with Crippen molar-refractivity contribution in [2.75, 3.05) is 19.6 Å². The van der Waals surface area contributed by atoms with Crippen LogP contribution in [0.2, 0.25) is 0 Å². The number of imidazole rings is 3. The van der Waals surface area contributed by atoms with E-state index in [-0.39, 0.29) is 0 Å². The summed E-state index contributed by atoms with van der Waals surface area (Å²) in [5.74, 6) is 3.63. The van der Waals surface area contributed by atoms with Gasteiger partial charge in [-0.15, -0.1) is 0 Å². The van der Waals surface area contributed by atoms with Crippen molar-refractivity contribution < 1.29 is 13.7 Å². The normalized spacial score (nSPS) is 11.5. The molecule has 0 atom stereocenters. The summed E-state index contributed by atoms with van der Waals surface area (Å²) in [6.07, 6.45) is 12.8. The molecule has 4 rings (SSSR count). The van der Waals surface area contributed by atoms with Crippen LogP contribution in [0.3, 0.4) is 0 Å². The van der Waals surface area contributed by atoms with E-state index in [4.69, 9.17) is 17.2 Å². The molecule has 3 heterocycles. The highest BCUT2D eigenvalue weighted by atomic mass is 15.2. The molecule has 0 saturated heterocycles. The molecule has 0 fully saturated rings. The Balaban J connectivity index is 1.66. The number of nitrogens with zero attached hydrogens (tertiary/aromatic N) is 6. The minimum absolute atomic E-state index is 0.635. The van der Waals surface area contributed by atoms with E-state index in [1.54, 1.807) is 0 Å². The number of nitrogens with two attached hydrogens (primary N) is 3. The minimum Gasteiger partial charge on any atom is -0.327 e. The van der Waals surface area contributed by atoms with E-state index in [1.165, 1.54) is 34.2 Å². The van der Waals surface area contributed by atoms with Gasteiger partial charge in [0.25, 0.3) is 17.5 Å². The van der Waals surface area contributed by atoms with Crippen LogP contribution in [0, 0.1) is 20.8 Å². The summed E-state index contributed by atoms with van der Waals surface area (Å²) in [6, 6.07) is 7.00. The largest absolute Gasteiger partial charge is 0.327 e. The molecule has 9 nitrogen and oxygen atoms in total. The van der Waals surface area contributed by atoms with Crippen molar-refractivity contribution in [3.63, 3.8) is 0 Å². The van der Waals surface area contributed by atoms with E-state index >= 15 is 0 Å². The summed E-state index contributed by atoms with van der Waals surface area (Å²) < 4.78 is 13.5. The highest BCUT2D eigenvalue weighted by Gasteiger charge is 2.17. The Morgan fingerprint density at radius 2 is 0.806 bits per heavy atom. The van der Waals surface area contributed by atoms with Crippen molar-refractivity contribution in [3.05, 3.63) is 89.5 Å². The molecule has 9 heteroatoms. The van der Waals surface area contributed by atoms with Crippen molar-refractivity contribution >= 4 is 0 Å². The fourth-order valence-electron chi connectivity index (χ4n) is 4.96. The predicted molar refractivity (Wildman–Crippen MR) is 139 cm³/mol. The fraction of sp³-hybridized carbons (Fsp3) is 0.444. The Morgan fingerprint density at radius 1 is 0.528 bits per heavy atom. The van der Waals surface area contributed by atoms with Crippen LogP contribution in [-0.4, -0.2) is 33.3 Å². The predicted octanol–water partition coefficient (Wildman–Crippen LogP) is -0.100. The highest BCUT2D eigenvalue weighted by Crippen LogP contribution is 2.13. The van der Waals surface area contributed by atoms with Crippen molar-refractivity contribution in [1.29, 1.82) is 0 Å². The molecule has 3 aromatic heterocycles. The summed E-state index contributed by atoms with van der Waals surface area (Å²) in [7, 11) is 0. The van der Waals surface area contributed by atoms with Gasteiger partial charge >= 0.3 is 0 Å². The molecule has 0 aliphatic heterocycles. The SMILES string of the molecule is Cc1n(CCN)cc[n+]1Cc1cc(C[n+]2ccn(CCN)c2C)cc(C[n+]2ccn(CCN)c2C)c1. The van der Waals surface area contributed by atoms with Crippen LogP contribution in [0.1, 0.15) is 34.2 Å². The van der Waals surface area contributed by atoms with Crippen molar-refractivity contribution in [2.45, 2.75) is 60.0 Å². The van der Waals surface area contributed by atoms with Crippen LogP contribution in [0.25, 0.3) is 0 Å². The number of aromatic nitrogens is 6. The Hall–Kier alpha value is -3.27. The Bertz CT molecular complexity index is 1120. The van der Waals surface area contributed by atoms with Gasteiger partial charge in [-0.25, -0.2) is 27.4 Å². The molecule has 4 aromatic rings. The first-order valence-electron chi connectivity index (χ1n) is 12.8. The zero-order chi connectivity index (χ0) is 25.7. The molecule has 0 bridgehead atoms. The first-order chi connectivity index (χ1) is 17.4.